The largest absolute Gasteiger partial charge is 0.464 e. The summed E-state index contributed by atoms with van der Waals surface area (Å²) in [6, 6.07) is 11.7. The fourth-order valence-corrected chi connectivity index (χ4v) is 2.13. The second kappa shape index (κ2) is 4.66. The monoisotopic (exact) mass is 242 g/mol. The molecule has 1 aromatic carbocycles. The van der Waals surface area contributed by atoms with E-state index in [1.807, 2.05) is 41.3 Å². The quantitative estimate of drug-likeness (QED) is 0.874. The molecular formula is C14H14N2O2. The van der Waals surface area contributed by atoms with Crippen LogP contribution < -0.4 is 10.2 Å². The summed E-state index contributed by atoms with van der Waals surface area (Å²) in [7, 11) is 0. The molecule has 1 amide bonds. The molecule has 0 saturated carbocycles. The number of rotatable bonds is 2. The third-order valence-corrected chi connectivity index (χ3v) is 3.07. The van der Waals surface area contributed by atoms with E-state index in [1.165, 1.54) is 0 Å². The van der Waals surface area contributed by atoms with Crippen molar-refractivity contribution in [3.8, 4) is 11.3 Å². The van der Waals surface area contributed by atoms with Crippen molar-refractivity contribution in [1.29, 1.82) is 0 Å². The zero-order valence-corrected chi connectivity index (χ0v) is 9.93. The zero-order chi connectivity index (χ0) is 12.4. The first-order valence-corrected chi connectivity index (χ1v) is 5.99. The topological polar surface area (TPSA) is 45.5 Å². The fraction of sp³-hybridized carbons (Fsp3) is 0.214. The summed E-state index contributed by atoms with van der Waals surface area (Å²) < 4.78 is 5.34. The maximum atomic E-state index is 11.8. The molecule has 0 bridgehead atoms. The van der Waals surface area contributed by atoms with Crippen molar-refractivity contribution in [3.05, 3.63) is 42.7 Å². The number of furan rings is 1. The molecule has 0 unspecified atom stereocenters. The van der Waals surface area contributed by atoms with Crippen molar-refractivity contribution < 1.29 is 9.21 Å². The average molecular weight is 242 g/mol. The number of hydrogen-bond acceptors (Lipinski definition) is 3. The van der Waals surface area contributed by atoms with Crippen molar-refractivity contribution in [2.45, 2.75) is 0 Å². The standard InChI is InChI=1S/C14H14N2O2/c17-14-10-15-7-8-16(14)12-5-3-11(4-6-12)13-2-1-9-18-13/h1-6,9,15H,7-8,10H2. The molecular weight excluding hydrogens is 228 g/mol. The summed E-state index contributed by atoms with van der Waals surface area (Å²) >= 11 is 0. The number of piperazine rings is 1. The highest BCUT2D eigenvalue weighted by Gasteiger charge is 2.18. The van der Waals surface area contributed by atoms with E-state index in [4.69, 9.17) is 4.42 Å². The van der Waals surface area contributed by atoms with Gasteiger partial charge in [0, 0.05) is 24.3 Å². The summed E-state index contributed by atoms with van der Waals surface area (Å²) in [5, 5.41) is 3.06. The fourth-order valence-electron chi connectivity index (χ4n) is 2.13. The lowest BCUT2D eigenvalue weighted by Gasteiger charge is -2.27. The molecule has 4 heteroatoms. The molecule has 2 aromatic rings. The van der Waals surface area contributed by atoms with Gasteiger partial charge < -0.3 is 14.6 Å². The SMILES string of the molecule is O=C1CNCCN1c1ccc(-c2ccco2)cc1. The van der Waals surface area contributed by atoms with Crippen molar-refractivity contribution in [1.82, 2.24) is 5.32 Å². The van der Waals surface area contributed by atoms with Crippen LogP contribution in [0.4, 0.5) is 5.69 Å². The number of benzene rings is 1. The van der Waals surface area contributed by atoms with E-state index in [0.29, 0.717) is 6.54 Å². The molecule has 1 aromatic heterocycles. The molecule has 3 rings (SSSR count). The summed E-state index contributed by atoms with van der Waals surface area (Å²) in [4.78, 5) is 13.6. The molecule has 0 radical (unpaired) electrons. The Morgan fingerprint density at radius 1 is 1.17 bits per heavy atom. The van der Waals surface area contributed by atoms with Gasteiger partial charge in [0.15, 0.2) is 0 Å². The number of anilines is 1. The second-order valence-electron chi connectivity index (χ2n) is 4.25. The first-order chi connectivity index (χ1) is 8.84. The van der Waals surface area contributed by atoms with Gasteiger partial charge in [-0.1, -0.05) is 0 Å². The highest BCUT2D eigenvalue weighted by atomic mass is 16.3. The van der Waals surface area contributed by atoms with Crippen LogP contribution in [-0.2, 0) is 4.79 Å². The predicted octanol–water partition coefficient (Wildman–Crippen LogP) is 1.88. The van der Waals surface area contributed by atoms with Crippen LogP contribution >= 0.6 is 0 Å². The molecule has 1 aliphatic heterocycles. The van der Waals surface area contributed by atoms with E-state index in [9.17, 15) is 4.79 Å². The van der Waals surface area contributed by atoms with Gasteiger partial charge >= 0.3 is 0 Å². The van der Waals surface area contributed by atoms with E-state index in [2.05, 4.69) is 5.32 Å². The molecule has 0 spiro atoms. The third kappa shape index (κ3) is 2.02. The third-order valence-electron chi connectivity index (χ3n) is 3.07. The van der Waals surface area contributed by atoms with E-state index in [-0.39, 0.29) is 5.91 Å². The Morgan fingerprint density at radius 2 is 2.00 bits per heavy atom. The molecule has 1 N–H and O–H groups in total. The van der Waals surface area contributed by atoms with Gasteiger partial charge in [-0.05, 0) is 36.4 Å². The van der Waals surface area contributed by atoms with Crippen LogP contribution in [-0.4, -0.2) is 25.5 Å². The number of carbonyl (C=O) groups is 1. The van der Waals surface area contributed by atoms with Gasteiger partial charge in [0.05, 0.1) is 12.8 Å². The lowest BCUT2D eigenvalue weighted by Crippen LogP contribution is -2.48. The van der Waals surface area contributed by atoms with Gasteiger partial charge in [0.25, 0.3) is 0 Å². The first kappa shape index (κ1) is 11.0. The van der Waals surface area contributed by atoms with Gasteiger partial charge in [0.1, 0.15) is 5.76 Å². The van der Waals surface area contributed by atoms with Crippen LogP contribution in [0.5, 0.6) is 0 Å². The summed E-state index contributed by atoms with van der Waals surface area (Å²) in [6.45, 7) is 1.98. The molecule has 1 fully saturated rings. The molecule has 0 aliphatic carbocycles. The maximum Gasteiger partial charge on any atom is 0.240 e. The van der Waals surface area contributed by atoms with Crippen LogP contribution in [0.3, 0.4) is 0 Å². The van der Waals surface area contributed by atoms with Crippen LogP contribution in [0, 0.1) is 0 Å². The highest BCUT2D eigenvalue weighted by Crippen LogP contribution is 2.23. The summed E-state index contributed by atoms with van der Waals surface area (Å²) in [5.74, 6) is 0.959. The average Bonchev–Trinajstić information content (AvgIpc) is 2.94. The van der Waals surface area contributed by atoms with Crippen LogP contribution in [0.15, 0.2) is 47.1 Å². The number of carbonyl (C=O) groups excluding carboxylic acids is 1. The van der Waals surface area contributed by atoms with E-state index in [0.717, 1.165) is 30.1 Å². The minimum absolute atomic E-state index is 0.118. The number of nitrogens with zero attached hydrogens (tertiary/aromatic N) is 1. The van der Waals surface area contributed by atoms with Crippen molar-refractivity contribution in [3.63, 3.8) is 0 Å². The van der Waals surface area contributed by atoms with Crippen molar-refractivity contribution in [2.75, 3.05) is 24.5 Å². The zero-order valence-electron chi connectivity index (χ0n) is 9.93. The lowest BCUT2D eigenvalue weighted by atomic mass is 10.1. The Labute approximate surface area is 105 Å². The van der Waals surface area contributed by atoms with Crippen molar-refractivity contribution >= 4 is 11.6 Å². The molecule has 92 valence electrons. The second-order valence-corrected chi connectivity index (χ2v) is 4.25. The van der Waals surface area contributed by atoms with Gasteiger partial charge in [-0.2, -0.15) is 0 Å². The van der Waals surface area contributed by atoms with Gasteiger partial charge in [-0.3, -0.25) is 4.79 Å². The number of hydrogen-bond donors (Lipinski definition) is 1. The maximum absolute atomic E-state index is 11.8. The summed E-state index contributed by atoms with van der Waals surface area (Å²) in [5.41, 5.74) is 1.96. The molecule has 0 atom stereocenters. The van der Waals surface area contributed by atoms with Crippen LogP contribution in [0.1, 0.15) is 0 Å². The Morgan fingerprint density at radius 3 is 2.67 bits per heavy atom. The van der Waals surface area contributed by atoms with Crippen molar-refractivity contribution in [2.24, 2.45) is 0 Å². The summed E-state index contributed by atoms with van der Waals surface area (Å²) in [6.07, 6.45) is 1.66. The predicted molar refractivity (Wildman–Crippen MR) is 69.4 cm³/mol. The minimum atomic E-state index is 0.118. The minimum Gasteiger partial charge on any atom is -0.464 e. The molecule has 2 heterocycles. The van der Waals surface area contributed by atoms with Gasteiger partial charge in [0.2, 0.25) is 5.91 Å². The number of nitrogens with one attached hydrogen (secondary N) is 1. The van der Waals surface area contributed by atoms with Crippen LogP contribution in [0.2, 0.25) is 0 Å². The molecule has 1 aliphatic rings. The van der Waals surface area contributed by atoms with Crippen LogP contribution in [0.25, 0.3) is 11.3 Å². The highest BCUT2D eigenvalue weighted by molar-refractivity contribution is 5.95. The smallest absolute Gasteiger partial charge is 0.240 e. The number of amides is 1. The lowest BCUT2D eigenvalue weighted by molar-refractivity contribution is -0.118. The van der Waals surface area contributed by atoms with E-state index >= 15 is 0 Å². The van der Waals surface area contributed by atoms with Gasteiger partial charge in [-0.15, -0.1) is 0 Å². The first-order valence-electron chi connectivity index (χ1n) is 5.99. The van der Waals surface area contributed by atoms with E-state index < -0.39 is 0 Å². The Kier molecular flexibility index (Phi) is 2.86. The molecule has 18 heavy (non-hydrogen) atoms. The Balaban J connectivity index is 1.84. The van der Waals surface area contributed by atoms with Gasteiger partial charge in [-0.25, -0.2) is 0 Å². The molecule has 4 nitrogen and oxygen atoms in total. The Hall–Kier alpha value is -2.07. The Bertz CT molecular complexity index is 531. The van der Waals surface area contributed by atoms with E-state index in [1.54, 1.807) is 6.26 Å². The normalized spacial score (nSPS) is 16.0. The molecule has 1 saturated heterocycles.